The smallest absolute Gasteiger partial charge is 0.274 e. The summed E-state index contributed by atoms with van der Waals surface area (Å²) in [5, 5.41) is 13.7. The molecule has 0 aromatic carbocycles. The first kappa shape index (κ1) is 18.0. The first-order chi connectivity index (χ1) is 14.2. The maximum absolute atomic E-state index is 13.5. The highest BCUT2D eigenvalue weighted by atomic mass is 19.1. The van der Waals surface area contributed by atoms with Crippen molar-refractivity contribution in [3.63, 3.8) is 0 Å². The van der Waals surface area contributed by atoms with Gasteiger partial charge in [0.05, 0.1) is 0 Å². The molecule has 1 saturated heterocycles. The van der Waals surface area contributed by atoms with Gasteiger partial charge in [0, 0.05) is 56.3 Å². The molecule has 1 amide bonds. The summed E-state index contributed by atoms with van der Waals surface area (Å²) in [5.41, 5.74) is 1.96. The fraction of sp³-hybridized carbons (Fsp3) is 0.474. The van der Waals surface area contributed by atoms with Crippen molar-refractivity contribution in [2.45, 2.75) is 31.4 Å². The Morgan fingerprint density at radius 1 is 1.28 bits per heavy atom. The average molecular weight is 398 g/mol. The second-order valence-electron chi connectivity index (χ2n) is 7.61. The van der Waals surface area contributed by atoms with Crippen LogP contribution in [-0.2, 0) is 0 Å². The number of imidazole rings is 1. The molecule has 5 rings (SSSR count). The second-order valence-corrected chi connectivity index (χ2v) is 7.61. The molecule has 2 atom stereocenters. The van der Waals surface area contributed by atoms with Crippen molar-refractivity contribution in [1.29, 1.82) is 0 Å². The number of hydrogen-bond donors (Lipinski definition) is 3. The molecule has 1 saturated carbocycles. The van der Waals surface area contributed by atoms with Crippen LogP contribution in [0.3, 0.4) is 0 Å². The molecule has 0 bridgehead atoms. The van der Waals surface area contributed by atoms with Crippen LogP contribution in [0.5, 0.6) is 0 Å². The summed E-state index contributed by atoms with van der Waals surface area (Å²) in [6, 6.07) is 3.66. The Bertz CT molecular complexity index is 1020. The molecule has 29 heavy (non-hydrogen) atoms. The van der Waals surface area contributed by atoms with Gasteiger partial charge in [-0.15, -0.1) is 0 Å². The standard InChI is InChI=1S/C19H23FN8O/c20-13-2-1-12(9-13)14-10-16(26-25-14)24-19-22-4-3-17-23-15(11-28(17)19)18(29)27-7-5-21-6-8-27/h3-4,10-13,21H,1-2,5-9H2,(H2,22,24,25,26)/t12-,13-/m1/s1. The summed E-state index contributed by atoms with van der Waals surface area (Å²) in [7, 11) is 0. The van der Waals surface area contributed by atoms with Crippen molar-refractivity contribution in [3.05, 3.63) is 35.9 Å². The maximum Gasteiger partial charge on any atom is 0.274 e. The third-order valence-electron chi connectivity index (χ3n) is 5.65. The van der Waals surface area contributed by atoms with Gasteiger partial charge >= 0.3 is 0 Å². The summed E-state index contributed by atoms with van der Waals surface area (Å²) >= 11 is 0. The Kier molecular flexibility index (Phi) is 4.62. The number of halogens is 1. The van der Waals surface area contributed by atoms with E-state index in [9.17, 15) is 9.18 Å². The van der Waals surface area contributed by atoms with Gasteiger partial charge in [0.25, 0.3) is 5.91 Å². The number of amides is 1. The Morgan fingerprint density at radius 2 is 2.14 bits per heavy atom. The maximum atomic E-state index is 13.5. The molecule has 2 fully saturated rings. The van der Waals surface area contributed by atoms with Crippen molar-refractivity contribution in [1.82, 2.24) is 34.8 Å². The van der Waals surface area contributed by atoms with E-state index in [2.05, 4.69) is 30.8 Å². The summed E-state index contributed by atoms with van der Waals surface area (Å²) < 4.78 is 15.2. The van der Waals surface area contributed by atoms with Gasteiger partial charge in [0.2, 0.25) is 5.95 Å². The van der Waals surface area contributed by atoms with Crippen LogP contribution >= 0.6 is 0 Å². The number of anilines is 2. The molecule has 152 valence electrons. The number of fused-ring (bicyclic) bond motifs is 1. The molecule has 3 aromatic heterocycles. The first-order valence-electron chi connectivity index (χ1n) is 9.98. The predicted octanol–water partition coefficient (Wildman–Crippen LogP) is 1.85. The highest BCUT2D eigenvalue weighted by Crippen LogP contribution is 2.35. The Morgan fingerprint density at radius 3 is 2.93 bits per heavy atom. The van der Waals surface area contributed by atoms with E-state index in [-0.39, 0.29) is 11.8 Å². The van der Waals surface area contributed by atoms with Gasteiger partial charge < -0.3 is 15.5 Å². The van der Waals surface area contributed by atoms with E-state index in [4.69, 9.17) is 0 Å². The summed E-state index contributed by atoms with van der Waals surface area (Å²) in [6.45, 7) is 2.93. The number of carbonyl (C=O) groups excluding carboxylic acids is 1. The lowest BCUT2D eigenvalue weighted by Crippen LogP contribution is -2.46. The molecule has 4 heterocycles. The van der Waals surface area contributed by atoms with E-state index in [1.165, 1.54) is 0 Å². The van der Waals surface area contributed by atoms with Gasteiger partial charge in [-0.1, -0.05) is 0 Å². The Labute approximate surface area is 166 Å². The highest BCUT2D eigenvalue weighted by molar-refractivity contribution is 5.93. The quantitative estimate of drug-likeness (QED) is 0.620. The Hall–Kier alpha value is -3.01. The van der Waals surface area contributed by atoms with Crippen molar-refractivity contribution >= 4 is 23.3 Å². The minimum Gasteiger partial charge on any atom is -0.335 e. The zero-order chi connectivity index (χ0) is 19.8. The summed E-state index contributed by atoms with van der Waals surface area (Å²) in [6.07, 6.45) is 4.58. The van der Waals surface area contributed by atoms with Crippen LogP contribution in [0, 0.1) is 0 Å². The largest absolute Gasteiger partial charge is 0.335 e. The molecule has 0 spiro atoms. The van der Waals surface area contributed by atoms with Crippen molar-refractivity contribution < 1.29 is 9.18 Å². The topological polar surface area (TPSA) is 103 Å². The number of alkyl halides is 1. The zero-order valence-electron chi connectivity index (χ0n) is 15.9. The molecule has 9 nitrogen and oxygen atoms in total. The molecule has 0 unspecified atom stereocenters. The second kappa shape index (κ2) is 7.43. The van der Waals surface area contributed by atoms with Crippen LogP contribution in [0.4, 0.5) is 16.2 Å². The van der Waals surface area contributed by atoms with Crippen LogP contribution in [0.1, 0.15) is 41.4 Å². The van der Waals surface area contributed by atoms with Crippen LogP contribution in [0.15, 0.2) is 24.5 Å². The van der Waals surface area contributed by atoms with Crippen molar-refractivity contribution in [2.24, 2.45) is 0 Å². The van der Waals surface area contributed by atoms with E-state index in [0.29, 0.717) is 49.0 Å². The number of aromatic nitrogens is 5. The molecular weight excluding hydrogens is 375 g/mol. The lowest BCUT2D eigenvalue weighted by atomic mass is 10.0. The molecule has 2 aliphatic rings. The van der Waals surface area contributed by atoms with E-state index >= 15 is 0 Å². The first-order valence-corrected chi connectivity index (χ1v) is 9.98. The number of nitrogens with zero attached hydrogens (tertiary/aromatic N) is 5. The number of piperazine rings is 1. The van der Waals surface area contributed by atoms with Gasteiger partial charge in [-0.05, 0) is 25.3 Å². The fourth-order valence-electron chi connectivity index (χ4n) is 4.08. The fourth-order valence-corrected chi connectivity index (χ4v) is 4.08. The molecule has 1 aliphatic heterocycles. The number of nitrogens with one attached hydrogen (secondary N) is 3. The molecular formula is C19H23FN8O. The van der Waals surface area contributed by atoms with Crippen LogP contribution < -0.4 is 10.6 Å². The lowest BCUT2D eigenvalue weighted by molar-refractivity contribution is 0.0730. The summed E-state index contributed by atoms with van der Waals surface area (Å²) in [5.74, 6) is 1.21. The number of hydrogen-bond acceptors (Lipinski definition) is 6. The van der Waals surface area contributed by atoms with Crippen LogP contribution in [0.25, 0.3) is 5.65 Å². The van der Waals surface area contributed by atoms with Crippen molar-refractivity contribution in [3.8, 4) is 0 Å². The highest BCUT2D eigenvalue weighted by Gasteiger charge is 2.27. The molecule has 10 heteroatoms. The molecule has 3 aromatic rings. The SMILES string of the molecule is O=C(c1cn2c(Nc3cc([C@@H]4CC[C@@H](F)C4)[nH]n3)nccc2n1)N1CCNCC1. The summed E-state index contributed by atoms with van der Waals surface area (Å²) in [4.78, 5) is 23.4. The third-order valence-corrected chi connectivity index (χ3v) is 5.65. The lowest BCUT2D eigenvalue weighted by Gasteiger charge is -2.26. The minimum atomic E-state index is -0.729. The van der Waals surface area contributed by atoms with Gasteiger partial charge in [0.15, 0.2) is 5.82 Å². The van der Waals surface area contributed by atoms with Gasteiger partial charge in [-0.25, -0.2) is 14.4 Å². The molecule has 0 radical (unpaired) electrons. The van der Waals surface area contributed by atoms with Gasteiger partial charge in [-0.2, -0.15) is 5.10 Å². The third kappa shape index (κ3) is 3.55. The molecule has 1 aliphatic carbocycles. The van der Waals surface area contributed by atoms with E-state index in [0.717, 1.165) is 25.2 Å². The van der Waals surface area contributed by atoms with Gasteiger partial charge in [0.1, 0.15) is 17.5 Å². The average Bonchev–Trinajstić information content (AvgIpc) is 3.48. The van der Waals surface area contributed by atoms with Crippen LogP contribution in [0.2, 0.25) is 0 Å². The van der Waals surface area contributed by atoms with Crippen molar-refractivity contribution in [2.75, 3.05) is 31.5 Å². The minimum absolute atomic E-state index is 0.0785. The number of aromatic amines is 1. The number of rotatable bonds is 4. The number of H-pyrrole nitrogens is 1. The zero-order valence-corrected chi connectivity index (χ0v) is 15.9. The van der Waals surface area contributed by atoms with Crippen LogP contribution in [-0.4, -0.2) is 67.7 Å². The predicted molar refractivity (Wildman–Crippen MR) is 105 cm³/mol. The normalized spacial score (nSPS) is 22.3. The molecule has 3 N–H and O–H groups in total. The number of carbonyl (C=O) groups is 1. The van der Waals surface area contributed by atoms with E-state index in [1.54, 1.807) is 27.8 Å². The van der Waals surface area contributed by atoms with Gasteiger partial charge in [-0.3, -0.25) is 14.3 Å². The Balaban J connectivity index is 1.37. The monoisotopic (exact) mass is 398 g/mol. The van der Waals surface area contributed by atoms with E-state index in [1.807, 2.05) is 6.07 Å². The van der Waals surface area contributed by atoms with E-state index < -0.39 is 6.17 Å².